The van der Waals surface area contributed by atoms with Crippen LogP contribution >= 0.6 is 0 Å². The lowest BCUT2D eigenvalue weighted by atomic mass is 9.50. The first-order valence-electron chi connectivity index (χ1n) is 8.72. The van der Waals surface area contributed by atoms with Gasteiger partial charge in [-0.3, -0.25) is 9.78 Å². The molecule has 0 saturated heterocycles. The molecule has 9 heteroatoms. The Morgan fingerprint density at radius 3 is 2.55 bits per heavy atom. The predicted molar refractivity (Wildman–Crippen MR) is 110 cm³/mol. The normalized spacial score (nSPS) is 11.5. The van der Waals surface area contributed by atoms with E-state index in [0.29, 0.717) is 5.52 Å². The molecule has 4 rings (SSSR count). The van der Waals surface area contributed by atoms with Crippen molar-refractivity contribution < 1.29 is 9.18 Å². The highest BCUT2D eigenvalue weighted by molar-refractivity contribution is 6.52. The fourth-order valence-electron chi connectivity index (χ4n) is 2.95. The molecule has 0 unspecified atom stereocenters. The monoisotopic (exact) mass is 381 g/mol. The summed E-state index contributed by atoms with van der Waals surface area (Å²) in [4.78, 5) is 25.3. The molecule has 0 aliphatic rings. The molecule has 0 saturated carbocycles. The highest BCUT2D eigenvalue weighted by Crippen LogP contribution is 2.24. The summed E-state index contributed by atoms with van der Waals surface area (Å²) in [6.45, 7) is 0. The van der Waals surface area contributed by atoms with Crippen molar-refractivity contribution in [1.29, 1.82) is 0 Å². The Kier molecular flexibility index (Phi) is 4.66. The molecular weight excluding hydrogens is 367 g/mol. The number of hydrogen-bond acceptors (Lipinski definition) is 4. The van der Waals surface area contributed by atoms with Gasteiger partial charge in [-0.15, -0.1) is 0 Å². The Bertz CT molecular complexity index is 1210. The number of carbonyl (C=O) groups excluding carboxylic acids is 1. The minimum Gasteiger partial charge on any atom is -0.334 e. The fraction of sp³-hybridized carbons (Fsp3) is 0.100. The zero-order chi connectivity index (χ0) is 20.6. The number of nitrogens with zero attached hydrogens (tertiary/aromatic N) is 4. The Labute approximate surface area is 169 Å². The zero-order valence-corrected chi connectivity index (χ0v) is 15.5. The molecular formula is C20H14B2FN5O. The first kappa shape index (κ1) is 18.9. The molecule has 1 N–H and O–H groups in total. The zero-order valence-electron chi connectivity index (χ0n) is 15.5. The number of halogens is 1. The van der Waals surface area contributed by atoms with E-state index in [1.54, 1.807) is 31.0 Å². The van der Waals surface area contributed by atoms with Crippen LogP contribution in [0, 0.1) is 5.82 Å². The molecule has 3 aromatic heterocycles. The number of aryl methyl sites for hydroxylation is 1. The summed E-state index contributed by atoms with van der Waals surface area (Å²) in [7, 11) is 13.9. The van der Waals surface area contributed by atoms with Crippen LogP contribution in [0.5, 0.6) is 0 Å². The van der Waals surface area contributed by atoms with Crippen LogP contribution in [0.15, 0.2) is 61.3 Å². The number of imidazole rings is 1. The van der Waals surface area contributed by atoms with Crippen molar-refractivity contribution in [2.24, 2.45) is 7.05 Å². The number of fused-ring (bicyclic) bond motifs is 1. The maximum atomic E-state index is 13.1. The fourth-order valence-corrected chi connectivity index (χ4v) is 2.95. The molecule has 0 atom stereocenters. The average Bonchev–Trinajstić information content (AvgIpc) is 3.13. The molecule has 0 fully saturated rings. The van der Waals surface area contributed by atoms with E-state index in [2.05, 4.69) is 20.3 Å². The molecule has 6 nitrogen and oxygen atoms in total. The summed E-state index contributed by atoms with van der Waals surface area (Å²) in [5.74, 6) is -0.849. The average molecular weight is 381 g/mol. The smallest absolute Gasteiger partial charge is 0.218 e. The molecule has 4 radical (unpaired) electrons. The predicted octanol–water partition coefficient (Wildman–Crippen LogP) is 2.30. The number of hydrogen-bond donors (Lipinski definition) is 1. The van der Waals surface area contributed by atoms with Crippen molar-refractivity contribution in [3.8, 4) is 11.3 Å². The third-order valence-corrected chi connectivity index (χ3v) is 4.62. The topological polar surface area (TPSA) is 72.7 Å². The Morgan fingerprint density at radius 1 is 1.10 bits per heavy atom. The molecule has 29 heavy (non-hydrogen) atoms. The van der Waals surface area contributed by atoms with Crippen LogP contribution in [0.2, 0.25) is 0 Å². The van der Waals surface area contributed by atoms with Crippen molar-refractivity contribution in [2.75, 3.05) is 5.32 Å². The summed E-state index contributed by atoms with van der Waals surface area (Å²) in [5, 5.41) is 1.54. The molecule has 1 amide bonds. The van der Waals surface area contributed by atoms with Gasteiger partial charge in [0.05, 0.1) is 45.6 Å². The van der Waals surface area contributed by atoms with Crippen molar-refractivity contribution in [3.63, 3.8) is 0 Å². The van der Waals surface area contributed by atoms with E-state index in [4.69, 9.17) is 15.7 Å². The van der Waals surface area contributed by atoms with Crippen LogP contribution in [0.25, 0.3) is 22.2 Å². The standard InChI is InChI=1S/C20H14B2FN5O/c1-28-11-24-10-17(28)13-6-12-7-18(26-9-16(12)25-8-13)27-19(29)20(21,22)14-2-4-15(23)5-3-14/h2-11H,1H3,(H,26,27,29). The van der Waals surface area contributed by atoms with E-state index in [1.165, 1.54) is 24.3 Å². The lowest BCUT2D eigenvalue weighted by Gasteiger charge is -2.25. The van der Waals surface area contributed by atoms with Crippen molar-refractivity contribution in [1.82, 2.24) is 19.5 Å². The molecule has 0 bridgehead atoms. The van der Waals surface area contributed by atoms with Gasteiger partial charge in [0.1, 0.15) is 11.6 Å². The quantitative estimate of drug-likeness (QED) is 0.551. The van der Waals surface area contributed by atoms with E-state index in [-0.39, 0.29) is 11.4 Å². The molecule has 138 valence electrons. The number of nitrogens with one attached hydrogen (secondary N) is 1. The van der Waals surface area contributed by atoms with Crippen molar-refractivity contribution in [2.45, 2.75) is 5.21 Å². The van der Waals surface area contributed by atoms with E-state index in [9.17, 15) is 9.18 Å². The Morgan fingerprint density at radius 2 is 1.86 bits per heavy atom. The second kappa shape index (κ2) is 7.16. The van der Waals surface area contributed by atoms with Gasteiger partial charge in [0, 0.05) is 24.2 Å². The van der Waals surface area contributed by atoms with Gasteiger partial charge < -0.3 is 9.88 Å². The Hall–Kier alpha value is -3.48. The minimum atomic E-state index is -1.85. The first-order valence-corrected chi connectivity index (χ1v) is 8.72. The van der Waals surface area contributed by atoms with Gasteiger partial charge in [-0.05, 0) is 35.0 Å². The van der Waals surface area contributed by atoms with Crippen LogP contribution in [0.1, 0.15) is 5.56 Å². The van der Waals surface area contributed by atoms with Gasteiger partial charge in [0.15, 0.2) is 0 Å². The SMILES string of the molecule is [B]C([B])(C(=O)Nc1cc2cc(-c3cncn3C)cnc2cn1)c1ccc(F)cc1. The van der Waals surface area contributed by atoms with E-state index >= 15 is 0 Å². The lowest BCUT2D eigenvalue weighted by Crippen LogP contribution is -2.41. The van der Waals surface area contributed by atoms with E-state index in [0.717, 1.165) is 16.6 Å². The summed E-state index contributed by atoms with van der Waals surface area (Å²) in [5.41, 5.74) is 2.72. The third-order valence-electron chi connectivity index (χ3n) is 4.62. The lowest BCUT2D eigenvalue weighted by molar-refractivity contribution is -0.117. The highest BCUT2D eigenvalue weighted by atomic mass is 19.1. The maximum Gasteiger partial charge on any atom is 0.218 e. The third kappa shape index (κ3) is 3.63. The molecule has 4 aromatic rings. The van der Waals surface area contributed by atoms with Crippen LogP contribution in [0.4, 0.5) is 10.2 Å². The highest BCUT2D eigenvalue weighted by Gasteiger charge is 2.29. The van der Waals surface area contributed by atoms with Crippen molar-refractivity contribution >= 4 is 38.3 Å². The summed E-state index contributed by atoms with van der Waals surface area (Å²) >= 11 is 0. The van der Waals surface area contributed by atoms with Crippen LogP contribution in [0.3, 0.4) is 0 Å². The van der Waals surface area contributed by atoms with Gasteiger partial charge in [-0.1, -0.05) is 12.1 Å². The summed E-state index contributed by atoms with van der Waals surface area (Å²) in [6.07, 6.45) is 6.73. The second-order valence-electron chi connectivity index (χ2n) is 6.71. The Balaban J connectivity index is 1.63. The first-order chi connectivity index (χ1) is 13.8. The second-order valence-corrected chi connectivity index (χ2v) is 6.71. The number of carbonyl (C=O) groups is 1. The van der Waals surface area contributed by atoms with Crippen LogP contribution in [-0.2, 0) is 17.1 Å². The van der Waals surface area contributed by atoms with Gasteiger partial charge >= 0.3 is 0 Å². The number of rotatable bonds is 4. The molecule has 1 aromatic carbocycles. The number of aromatic nitrogens is 4. The molecule has 3 heterocycles. The largest absolute Gasteiger partial charge is 0.334 e. The van der Waals surface area contributed by atoms with Gasteiger partial charge in [0.2, 0.25) is 5.91 Å². The molecule has 0 aliphatic carbocycles. The van der Waals surface area contributed by atoms with Crippen LogP contribution in [-0.4, -0.2) is 41.1 Å². The molecule has 0 aliphatic heterocycles. The van der Waals surface area contributed by atoms with E-state index in [1.807, 2.05) is 17.7 Å². The number of anilines is 1. The minimum absolute atomic E-state index is 0.272. The van der Waals surface area contributed by atoms with Gasteiger partial charge in [0.25, 0.3) is 0 Å². The van der Waals surface area contributed by atoms with E-state index < -0.39 is 16.9 Å². The van der Waals surface area contributed by atoms with Gasteiger partial charge in [-0.25, -0.2) is 14.4 Å². The van der Waals surface area contributed by atoms with Gasteiger partial charge in [-0.2, -0.15) is 0 Å². The summed E-state index contributed by atoms with van der Waals surface area (Å²) in [6, 6.07) is 8.73. The number of amides is 1. The number of pyridine rings is 2. The number of benzene rings is 1. The maximum absolute atomic E-state index is 13.1. The van der Waals surface area contributed by atoms with Crippen molar-refractivity contribution in [3.05, 3.63) is 72.7 Å². The molecule has 0 spiro atoms. The van der Waals surface area contributed by atoms with Crippen LogP contribution < -0.4 is 5.32 Å². The summed E-state index contributed by atoms with van der Waals surface area (Å²) < 4.78 is 15.0.